The molecule has 4 nitrogen and oxygen atoms in total. The van der Waals surface area contributed by atoms with Crippen LogP contribution < -0.4 is 0 Å². The molecule has 0 unspecified atom stereocenters. The summed E-state index contributed by atoms with van der Waals surface area (Å²) >= 11 is 0. The summed E-state index contributed by atoms with van der Waals surface area (Å²) in [6.45, 7) is 1.87. The number of benzene rings is 1. The van der Waals surface area contributed by atoms with E-state index in [0.29, 0.717) is 31.9 Å². The van der Waals surface area contributed by atoms with Gasteiger partial charge in [-0.25, -0.2) is 4.39 Å². The third-order valence-corrected chi connectivity index (χ3v) is 2.51. The minimum atomic E-state index is -0.355. The SMILES string of the molecule is COCCN(CCOC)C(=O)c1ccc(F)cc1. The van der Waals surface area contributed by atoms with E-state index in [1.807, 2.05) is 0 Å². The van der Waals surface area contributed by atoms with E-state index < -0.39 is 0 Å². The van der Waals surface area contributed by atoms with Crippen molar-refractivity contribution in [2.45, 2.75) is 0 Å². The lowest BCUT2D eigenvalue weighted by molar-refractivity contribution is 0.0627. The summed E-state index contributed by atoms with van der Waals surface area (Å²) in [4.78, 5) is 13.8. The van der Waals surface area contributed by atoms with Crippen molar-refractivity contribution in [3.63, 3.8) is 0 Å². The number of ether oxygens (including phenoxy) is 2. The van der Waals surface area contributed by atoms with E-state index in [0.717, 1.165) is 0 Å². The molecule has 0 aliphatic rings. The Morgan fingerprint density at radius 1 is 1.11 bits per heavy atom. The minimum Gasteiger partial charge on any atom is -0.383 e. The van der Waals surface area contributed by atoms with Crippen LogP contribution >= 0.6 is 0 Å². The monoisotopic (exact) mass is 255 g/mol. The molecule has 1 aromatic rings. The topological polar surface area (TPSA) is 38.8 Å². The van der Waals surface area contributed by atoms with Crippen molar-refractivity contribution >= 4 is 5.91 Å². The van der Waals surface area contributed by atoms with Crippen LogP contribution in [-0.4, -0.2) is 51.3 Å². The standard InChI is InChI=1S/C13H18FNO3/c1-17-9-7-15(8-10-18-2)13(16)11-3-5-12(14)6-4-11/h3-6H,7-10H2,1-2H3. The first-order chi connectivity index (χ1) is 8.69. The number of nitrogens with zero attached hydrogens (tertiary/aromatic N) is 1. The van der Waals surface area contributed by atoms with Gasteiger partial charge in [0.1, 0.15) is 5.82 Å². The molecular weight excluding hydrogens is 237 g/mol. The first-order valence-electron chi connectivity index (χ1n) is 5.71. The van der Waals surface area contributed by atoms with E-state index in [4.69, 9.17) is 9.47 Å². The predicted molar refractivity (Wildman–Crippen MR) is 66.1 cm³/mol. The normalized spacial score (nSPS) is 10.4. The summed E-state index contributed by atoms with van der Waals surface area (Å²) in [7, 11) is 3.16. The van der Waals surface area contributed by atoms with E-state index in [1.54, 1.807) is 19.1 Å². The number of halogens is 1. The van der Waals surface area contributed by atoms with Crippen LogP contribution in [0.1, 0.15) is 10.4 Å². The smallest absolute Gasteiger partial charge is 0.254 e. The maximum Gasteiger partial charge on any atom is 0.254 e. The predicted octanol–water partition coefficient (Wildman–Crippen LogP) is 1.56. The third kappa shape index (κ3) is 4.43. The lowest BCUT2D eigenvalue weighted by atomic mass is 10.2. The van der Waals surface area contributed by atoms with Crippen LogP contribution in [0.25, 0.3) is 0 Å². The fourth-order valence-corrected chi connectivity index (χ4v) is 1.49. The van der Waals surface area contributed by atoms with Crippen LogP contribution in [0.2, 0.25) is 0 Å². The molecule has 0 aliphatic heterocycles. The van der Waals surface area contributed by atoms with E-state index in [9.17, 15) is 9.18 Å². The van der Waals surface area contributed by atoms with E-state index in [-0.39, 0.29) is 11.7 Å². The molecule has 0 aromatic heterocycles. The molecule has 0 spiro atoms. The van der Waals surface area contributed by atoms with Gasteiger partial charge in [0, 0.05) is 32.9 Å². The molecule has 0 bridgehead atoms. The molecule has 0 atom stereocenters. The lowest BCUT2D eigenvalue weighted by Crippen LogP contribution is -2.36. The average Bonchev–Trinajstić information content (AvgIpc) is 2.39. The Bertz CT molecular complexity index is 359. The quantitative estimate of drug-likeness (QED) is 0.742. The zero-order valence-corrected chi connectivity index (χ0v) is 10.7. The van der Waals surface area contributed by atoms with Crippen molar-refractivity contribution in [1.29, 1.82) is 0 Å². The van der Waals surface area contributed by atoms with Crippen LogP contribution in [0.3, 0.4) is 0 Å². The third-order valence-electron chi connectivity index (χ3n) is 2.51. The fraction of sp³-hybridized carbons (Fsp3) is 0.462. The van der Waals surface area contributed by atoms with Crippen molar-refractivity contribution in [2.75, 3.05) is 40.5 Å². The number of hydrogen-bond acceptors (Lipinski definition) is 3. The van der Waals surface area contributed by atoms with Gasteiger partial charge < -0.3 is 14.4 Å². The zero-order valence-electron chi connectivity index (χ0n) is 10.7. The summed E-state index contributed by atoms with van der Waals surface area (Å²) < 4.78 is 22.7. The molecule has 18 heavy (non-hydrogen) atoms. The maximum absolute atomic E-state index is 12.8. The van der Waals surface area contributed by atoms with Gasteiger partial charge in [0.15, 0.2) is 0 Å². The second kappa shape index (κ2) is 7.79. The van der Waals surface area contributed by atoms with Gasteiger partial charge in [-0.15, -0.1) is 0 Å². The summed E-state index contributed by atoms with van der Waals surface area (Å²) in [5.41, 5.74) is 0.462. The summed E-state index contributed by atoms with van der Waals surface area (Å²) in [6.07, 6.45) is 0. The van der Waals surface area contributed by atoms with Gasteiger partial charge in [-0.3, -0.25) is 4.79 Å². The van der Waals surface area contributed by atoms with Gasteiger partial charge in [0.05, 0.1) is 13.2 Å². The van der Waals surface area contributed by atoms with Crippen LogP contribution in [0.4, 0.5) is 4.39 Å². The number of carbonyl (C=O) groups is 1. The van der Waals surface area contributed by atoms with E-state index in [2.05, 4.69) is 0 Å². The maximum atomic E-state index is 12.8. The summed E-state index contributed by atoms with van der Waals surface area (Å²) in [5.74, 6) is -0.504. The van der Waals surface area contributed by atoms with Crippen molar-refractivity contribution in [3.8, 4) is 0 Å². The molecule has 1 amide bonds. The number of carbonyl (C=O) groups excluding carboxylic acids is 1. The van der Waals surface area contributed by atoms with Gasteiger partial charge in [-0.05, 0) is 24.3 Å². The Morgan fingerprint density at radius 2 is 1.61 bits per heavy atom. The average molecular weight is 255 g/mol. The molecule has 100 valence electrons. The van der Waals surface area contributed by atoms with Gasteiger partial charge in [0.2, 0.25) is 0 Å². The lowest BCUT2D eigenvalue weighted by Gasteiger charge is -2.22. The highest BCUT2D eigenvalue weighted by molar-refractivity contribution is 5.94. The number of rotatable bonds is 7. The molecular formula is C13H18FNO3. The van der Waals surface area contributed by atoms with Crippen LogP contribution in [0, 0.1) is 5.82 Å². The number of amides is 1. The van der Waals surface area contributed by atoms with Crippen molar-refractivity contribution in [3.05, 3.63) is 35.6 Å². The van der Waals surface area contributed by atoms with E-state index in [1.165, 1.54) is 24.3 Å². The highest BCUT2D eigenvalue weighted by Gasteiger charge is 2.15. The molecule has 1 aromatic carbocycles. The molecule has 0 heterocycles. The molecule has 5 heteroatoms. The molecule has 0 saturated carbocycles. The molecule has 0 N–H and O–H groups in total. The van der Waals surface area contributed by atoms with E-state index >= 15 is 0 Å². The molecule has 0 radical (unpaired) electrons. The number of hydrogen-bond donors (Lipinski definition) is 0. The first-order valence-corrected chi connectivity index (χ1v) is 5.71. The Labute approximate surface area is 106 Å². The second-order valence-electron chi connectivity index (χ2n) is 3.78. The second-order valence-corrected chi connectivity index (χ2v) is 3.78. The summed E-state index contributed by atoms with van der Waals surface area (Å²) in [6, 6.07) is 5.50. The highest BCUT2D eigenvalue weighted by atomic mass is 19.1. The molecule has 0 aliphatic carbocycles. The van der Waals surface area contributed by atoms with Crippen molar-refractivity contribution in [1.82, 2.24) is 4.90 Å². The van der Waals surface area contributed by atoms with Crippen LogP contribution in [0.5, 0.6) is 0 Å². The Kier molecular flexibility index (Phi) is 6.32. The molecule has 0 saturated heterocycles. The largest absolute Gasteiger partial charge is 0.383 e. The van der Waals surface area contributed by atoms with Gasteiger partial charge >= 0.3 is 0 Å². The van der Waals surface area contributed by atoms with Crippen LogP contribution in [0.15, 0.2) is 24.3 Å². The zero-order chi connectivity index (χ0) is 13.4. The van der Waals surface area contributed by atoms with Crippen molar-refractivity contribution < 1.29 is 18.7 Å². The first kappa shape index (κ1) is 14.6. The van der Waals surface area contributed by atoms with Gasteiger partial charge in [-0.2, -0.15) is 0 Å². The van der Waals surface area contributed by atoms with Crippen LogP contribution in [-0.2, 0) is 9.47 Å². The molecule has 1 rings (SSSR count). The Morgan fingerprint density at radius 3 is 2.06 bits per heavy atom. The molecule has 0 fully saturated rings. The Balaban J connectivity index is 2.70. The minimum absolute atomic E-state index is 0.149. The summed E-state index contributed by atoms with van der Waals surface area (Å²) in [5, 5.41) is 0. The van der Waals surface area contributed by atoms with Gasteiger partial charge in [0.25, 0.3) is 5.91 Å². The number of methoxy groups -OCH3 is 2. The Hall–Kier alpha value is -1.46. The fourth-order valence-electron chi connectivity index (χ4n) is 1.49. The highest BCUT2D eigenvalue weighted by Crippen LogP contribution is 2.07. The van der Waals surface area contributed by atoms with Gasteiger partial charge in [-0.1, -0.05) is 0 Å². The van der Waals surface area contributed by atoms with Crippen molar-refractivity contribution in [2.24, 2.45) is 0 Å².